The third-order valence-electron chi connectivity index (χ3n) is 2.13. The van der Waals surface area contributed by atoms with Crippen LogP contribution in [0.4, 0.5) is 5.69 Å². The molecule has 94 valence electrons. The zero-order chi connectivity index (χ0) is 12.7. The molecule has 0 atom stereocenters. The minimum Gasteiger partial charge on any atom is -0.487 e. The fraction of sp³-hybridized carbons (Fsp3) is 0.455. The molecule has 0 N–H and O–H groups in total. The van der Waals surface area contributed by atoms with Gasteiger partial charge in [0.1, 0.15) is 0 Å². The Bertz CT molecular complexity index is 387. The summed E-state index contributed by atoms with van der Waals surface area (Å²) in [6.45, 7) is 0.480. The molecule has 0 unspecified atom stereocenters. The minimum atomic E-state index is -0.443. The third kappa shape index (κ3) is 4.44. The molecule has 0 aliphatic carbocycles. The molecule has 0 aromatic heterocycles. The second-order valence-corrected chi connectivity index (χ2v) is 4.64. The number of alkyl halides is 1. The standard InChI is InChI=1S/C11H14ClNO3S/c1-17-6-2-5-16-11-7-9(8-12)3-4-10(11)13(14)15/h3-4,7H,2,5-6,8H2,1H3. The van der Waals surface area contributed by atoms with Crippen molar-refractivity contribution in [3.63, 3.8) is 0 Å². The number of nitrogens with zero attached hydrogens (tertiary/aromatic N) is 1. The van der Waals surface area contributed by atoms with Crippen molar-refractivity contribution in [1.82, 2.24) is 0 Å². The highest BCUT2D eigenvalue weighted by Crippen LogP contribution is 2.28. The van der Waals surface area contributed by atoms with Crippen molar-refractivity contribution in [1.29, 1.82) is 0 Å². The van der Waals surface area contributed by atoms with Gasteiger partial charge in [-0.1, -0.05) is 6.07 Å². The van der Waals surface area contributed by atoms with Gasteiger partial charge in [0.05, 0.1) is 11.5 Å². The molecular formula is C11H14ClNO3S. The highest BCUT2D eigenvalue weighted by atomic mass is 35.5. The zero-order valence-electron chi connectivity index (χ0n) is 9.52. The Kier molecular flexibility index (Phi) is 6.15. The Morgan fingerprint density at radius 2 is 2.29 bits per heavy atom. The lowest BCUT2D eigenvalue weighted by Crippen LogP contribution is -2.02. The summed E-state index contributed by atoms with van der Waals surface area (Å²) in [5.41, 5.74) is 0.806. The second-order valence-electron chi connectivity index (χ2n) is 3.39. The minimum absolute atomic E-state index is 0.0111. The third-order valence-corrected chi connectivity index (χ3v) is 3.13. The molecule has 0 amide bonds. The summed E-state index contributed by atoms with van der Waals surface area (Å²) < 4.78 is 5.43. The van der Waals surface area contributed by atoms with Crippen molar-refractivity contribution in [2.24, 2.45) is 0 Å². The van der Waals surface area contributed by atoms with E-state index in [1.54, 1.807) is 23.9 Å². The number of thioether (sulfide) groups is 1. The van der Waals surface area contributed by atoms with E-state index in [0.29, 0.717) is 18.2 Å². The van der Waals surface area contributed by atoms with Crippen LogP contribution in [-0.4, -0.2) is 23.5 Å². The first-order chi connectivity index (χ1) is 8.19. The van der Waals surface area contributed by atoms with Crippen LogP contribution in [0.1, 0.15) is 12.0 Å². The highest BCUT2D eigenvalue weighted by molar-refractivity contribution is 7.98. The molecule has 0 saturated carbocycles. The van der Waals surface area contributed by atoms with E-state index < -0.39 is 4.92 Å². The number of nitro benzene ring substituents is 1. The number of rotatable bonds is 7. The van der Waals surface area contributed by atoms with Crippen LogP contribution in [0.25, 0.3) is 0 Å². The van der Waals surface area contributed by atoms with E-state index in [9.17, 15) is 10.1 Å². The molecule has 1 aromatic rings. The molecule has 0 aliphatic heterocycles. The van der Waals surface area contributed by atoms with Crippen LogP contribution in [0.3, 0.4) is 0 Å². The summed E-state index contributed by atoms with van der Waals surface area (Å²) in [7, 11) is 0. The summed E-state index contributed by atoms with van der Waals surface area (Å²) in [5, 5.41) is 10.8. The van der Waals surface area contributed by atoms with Gasteiger partial charge in [0, 0.05) is 11.9 Å². The molecule has 1 aromatic carbocycles. The smallest absolute Gasteiger partial charge is 0.310 e. The van der Waals surface area contributed by atoms with Gasteiger partial charge < -0.3 is 4.74 Å². The second kappa shape index (κ2) is 7.40. The molecule has 0 saturated heterocycles. The summed E-state index contributed by atoms with van der Waals surface area (Å²) in [4.78, 5) is 10.4. The molecule has 6 heteroatoms. The van der Waals surface area contributed by atoms with Crippen LogP contribution in [0, 0.1) is 10.1 Å². The van der Waals surface area contributed by atoms with E-state index in [1.807, 2.05) is 6.26 Å². The lowest BCUT2D eigenvalue weighted by molar-refractivity contribution is -0.385. The Hall–Kier alpha value is -0.940. The number of nitro groups is 1. The molecule has 1 rings (SSSR count). The van der Waals surface area contributed by atoms with Gasteiger partial charge in [0.25, 0.3) is 0 Å². The summed E-state index contributed by atoms with van der Waals surface area (Å²) in [5.74, 6) is 1.59. The summed E-state index contributed by atoms with van der Waals surface area (Å²) in [6.07, 6.45) is 2.87. The molecule has 17 heavy (non-hydrogen) atoms. The number of benzene rings is 1. The van der Waals surface area contributed by atoms with Gasteiger partial charge in [0.15, 0.2) is 5.75 Å². The van der Waals surface area contributed by atoms with E-state index in [4.69, 9.17) is 16.3 Å². The molecule has 0 heterocycles. The number of halogens is 1. The van der Waals surface area contributed by atoms with Crippen molar-refractivity contribution in [2.75, 3.05) is 18.6 Å². The lowest BCUT2D eigenvalue weighted by atomic mass is 10.2. The maximum absolute atomic E-state index is 10.8. The van der Waals surface area contributed by atoms with Gasteiger partial charge in [0.2, 0.25) is 0 Å². The Labute approximate surface area is 109 Å². The average Bonchev–Trinajstić information content (AvgIpc) is 2.34. The fourth-order valence-corrected chi connectivity index (χ4v) is 1.87. The van der Waals surface area contributed by atoms with Gasteiger partial charge in [-0.25, -0.2) is 0 Å². The van der Waals surface area contributed by atoms with Gasteiger partial charge in [-0.2, -0.15) is 11.8 Å². The van der Waals surface area contributed by atoms with Crippen molar-refractivity contribution < 1.29 is 9.66 Å². The zero-order valence-corrected chi connectivity index (χ0v) is 11.1. The van der Waals surface area contributed by atoms with E-state index >= 15 is 0 Å². The predicted octanol–water partition coefficient (Wildman–Crippen LogP) is 3.47. The molecule has 0 spiro atoms. The van der Waals surface area contributed by atoms with E-state index in [0.717, 1.165) is 17.7 Å². The van der Waals surface area contributed by atoms with Crippen LogP contribution in [-0.2, 0) is 5.88 Å². The van der Waals surface area contributed by atoms with Crippen molar-refractivity contribution in [3.8, 4) is 5.75 Å². The first-order valence-corrected chi connectivity index (χ1v) is 7.07. The first-order valence-electron chi connectivity index (χ1n) is 5.14. The molecule has 0 aliphatic rings. The van der Waals surface area contributed by atoms with Crippen LogP contribution in [0.15, 0.2) is 18.2 Å². The Morgan fingerprint density at radius 3 is 2.88 bits per heavy atom. The maximum Gasteiger partial charge on any atom is 0.310 e. The number of hydrogen-bond acceptors (Lipinski definition) is 4. The normalized spacial score (nSPS) is 10.2. The molecule has 4 nitrogen and oxygen atoms in total. The number of hydrogen-bond donors (Lipinski definition) is 0. The van der Waals surface area contributed by atoms with Gasteiger partial charge in [-0.3, -0.25) is 10.1 Å². The SMILES string of the molecule is CSCCCOc1cc(CCl)ccc1[N+](=O)[O-]. The largest absolute Gasteiger partial charge is 0.487 e. The first kappa shape index (κ1) is 14.1. The number of ether oxygens (including phenoxy) is 1. The Morgan fingerprint density at radius 1 is 1.53 bits per heavy atom. The van der Waals surface area contributed by atoms with Crippen molar-refractivity contribution >= 4 is 29.1 Å². The van der Waals surface area contributed by atoms with Crippen LogP contribution >= 0.6 is 23.4 Å². The van der Waals surface area contributed by atoms with Crippen molar-refractivity contribution in [2.45, 2.75) is 12.3 Å². The van der Waals surface area contributed by atoms with Crippen LogP contribution in [0.2, 0.25) is 0 Å². The average molecular weight is 276 g/mol. The Balaban J connectivity index is 2.75. The van der Waals surface area contributed by atoms with Crippen LogP contribution < -0.4 is 4.74 Å². The van der Waals surface area contributed by atoms with Gasteiger partial charge >= 0.3 is 5.69 Å². The van der Waals surface area contributed by atoms with Gasteiger partial charge in [-0.15, -0.1) is 11.6 Å². The van der Waals surface area contributed by atoms with E-state index in [-0.39, 0.29) is 5.69 Å². The molecule has 0 bridgehead atoms. The molecular weight excluding hydrogens is 262 g/mol. The van der Waals surface area contributed by atoms with E-state index in [2.05, 4.69) is 0 Å². The summed E-state index contributed by atoms with van der Waals surface area (Å²) >= 11 is 7.41. The highest BCUT2D eigenvalue weighted by Gasteiger charge is 2.15. The predicted molar refractivity (Wildman–Crippen MR) is 71.1 cm³/mol. The van der Waals surface area contributed by atoms with Crippen molar-refractivity contribution in [3.05, 3.63) is 33.9 Å². The molecule has 0 fully saturated rings. The summed E-state index contributed by atoms with van der Waals surface area (Å²) in [6, 6.07) is 4.70. The van der Waals surface area contributed by atoms with Crippen LogP contribution in [0.5, 0.6) is 5.75 Å². The molecule has 0 radical (unpaired) electrons. The van der Waals surface area contributed by atoms with Gasteiger partial charge in [-0.05, 0) is 30.1 Å². The maximum atomic E-state index is 10.8. The fourth-order valence-electron chi connectivity index (χ4n) is 1.29. The van der Waals surface area contributed by atoms with E-state index in [1.165, 1.54) is 6.07 Å². The monoisotopic (exact) mass is 275 g/mol. The topological polar surface area (TPSA) is 52.4 Å². The lowest BCUT2D eigenvalue weighted by Gasteiger charge is -2.07. The quantitative estimate of drug-likeness (QED) is 0.331.